The first-order chi connectivity index (χ1) is 8.06. The molecule has 1 fully saturated rings. The van der Waals surface area contributed by atoms with Crippen LogP contribution in [0.4, 0.5) is 0 Å². The summed E-state index contributed by atoms with van der Waals surface area (Å²) < 4.78 is 11.8. The molecule has 0 amide bonds. The first kappa shape index (κ1) is 10.9. The lowest BCUT2D eigenvalue weighted by molar-refractivity contribution is 0.0842. The number of hydrogen-bond donors (Lipinski definition) is 1. The van der Waals surface area contributed by atoms with E-state index in [2.05, 4.69) is 43.1 Å². The van der Waals surface area contributed by atoms with Crippen molar-refractivity contribution in [2.45, 2.75) is 32.5 Å². The summed E-state index contributed by atoms with van der Waals surface area (Å²) in [6, 6.07) is 8.30. The largest absolute Gasteiger partial charge is 0.494 e. The van der Waals surface area contributed by atoms with Gasteiger partial charge >= 0.3 is 7.12 Å². The summed E-state index contributed by atoms with van der Waals surface area (Å²) in [4.78, 5) is 3.20. The molecule has 0 aliphatic carbocycles. The average Bonchev–Trinajstić information content (AvgIpc) is 2.83. The van der Waals surface area contributed by atoms with E-state index < -0.39 is 0 Å². The van der Waals surface area contributed by atoms with Gasteiger partial charge in [-0.3, -0.25) is 0 Å². The maximum absolute atomic E-state index is 5.94. The van der Waals surface area contributed by atoms with Gasteiger partial charge in [0.1, 0.15) is 0 Å². The van der Waals surface area contributed by atoms with Crippen LogP contribution in [0, 0.1) is 0 Å². The number of aromatic nitrogens is 1. The summed E-state index contributed by atoms with van der Waals surface area (Å²) in [5, 5.41) is 1.21. The van der Waals surface area contributed by atoms with Gasteiger partial charge in [0, 0.05) is 11.7 Å². The highest BCUT2D eigenvalue weighted by Gasteiger charge is 2.43. The fourth-order valence-corrected chi connectivity index (χ4v) is 2.11. The molecule has 1 unspecified atom stereocenters. The molecule has 0 bridgehead atoms. The molecule has 1 aromatic heterocycles. The van der Waals surface area contributed by atoms with E-state index in [-0.39, 0.29) is 18.8 Å². The van der Waals surface area contributed by atoms with Crippen molar-refractivity contribution >= 4 is 23.5 Å². The number of nitrogens with one attached hydrogen (secondary N) is 1. The third kappa shape index (κ3) is 1.77. The number of hydrogen-bond acceptors (Lipinski definition) is 2. The first-order valence-corrected chi connectivity index (χ1v) is 5.96. The molecule has 1 N–H and O–H groups in total. The Kier molecular flexibility index (Phi) is 2.31. The van der Waals surface area contributed by atoms with Gasteiger partial charge in [0.05, 0.1) is 11.7 Å². The Morgan fingerprint density at radius 1 is 1.29 bits per heavy atom. The third-order valence-electron chi connectivity index (χ3n) is 3.57. The normalized spacial score (nSPS) is 23.5. The second-order valence-corrected chi connectivity index (χ2v) is 5.16. The molecule has 1 saturated heterocycles. The minimum Gasteiger partial charge on any atom is -0.402 e. The monoisotopic (exact) mass is 229 g/mol. The quantitative estimate of drug-likeness (QED) is 0.759. The van der Waals surface area contributed by atoms with E-state index in [1.807, 2.05) is 13.1 Å². The Balaban J connectivity index is 1.94. The smallest absolute Gasteiger partial charge is 0.402 e. The van der Waals surface area contributed by atoms with Crippen LogP contribution in [-0.2, 0) is 9.31 Å². The molecule has 4 heteroatoms. The van der Waals surface area contributed by atoms with Crippen LogP contribution in [0.25, 0.3) is 10.9 Å². The minimum atomic E-state index is -0.257. The molecule has 88 valence electrons. The highest BCUT2D eigenvalue weighted by atomic mass is 16.7. The fourth-order valence-electron chi connectivity index (χ4n) is 2.11. The highest BCUT2D eigenvalue weighted by molar-refractivity contribution is 6.62. The zero-order chi connectivity index (χ0) is 12.0. The Hall–Kier alpha value is -1.26. The van der Waals surface area contributed by atoms with Crippen molar-refractivity contribution in [2.75, 3.05) is 0 Å². The summed E-state index contributed by atoms with van der Waals surface area (Å²) in [6.45, 7) is 6.17. The van der Waals surface area contributed by atoms with E-state index in [1.54, 1.807) is 0 Å². The van der Waals surface area contributed by atoms with Crippen molar-refractivity contribution in [1.82, 2.24) is 4.98 Å². The van der Waals surface area contributed by atoms with E-state index >= 15 is 0 Å². The van der Waals surface area contributed by atoms with Gasteiger partial charge in [-0.05, 0) is 43.8 Å². The van der Waals surface area contributed by atoms with Crippen LogP contribution < -0.4 is 5.46 Å². The molecule has 1 aliphatic heterocycles. The highest BCUT2D eigenvalue weighted by Crippen LogP contribution is 2.27. The van der Waals surface area contributed by atoms with Crippen LogP contribution >= 0.6 is 0 Å². The molecule has 3 rings (SSSR count). The molecule has 0 spiro atoms. The van der Waals surface area contributed by atoms with Crippen LogP contribution in [0.5, 0.6) is 0 Å². The van der Waals surface area contributed by atoms with Crippen LogP contribution in [0.3, 0.4) is 0 Å². The van der Waals surface area contributed by atoms with Crippen LogP contribution in [-0.4, -0.2) is 23.8 Å². The molecule has 1 aromatic carbocycles. The minimum absolute atomic E-state index is 0.104. The van der Waals surface area contributed by atoms with Crippen molar-refractivity contribution < 1.29 is 9.31 Å². The molecule has 1 atom stereocenters. The molecule has 2 aromatic rings. The molecule has 17 heavy (non-hydrogen) atoms. The molecular formula is C13H16BNO2. The van der Waals surface area contributed by atoms with Gasteiger partial charge in [0.15, 0.2) is 0 Å². The Bertz CT molecular complexity index is 549. The van der Waals surface area contributed by atoms with Crippen molar-refractivity contribution in [3.05, 3.63) is 30.5 Å². The summed E-state index contributed by atoms with van der Waals surface area (Å²) in [7, 11) is -0.257. The van der Waals surface area contributed by atoms with Gasteiger partial charge < -0.3 is 14.3 Å². The number of fused-ring (bicyclic) bond motifs is 1. The predicted molar refractivity (Wildman–Crippen MR) is 69.4 cm³/mol. The number of aromatic amines is 1. The van der Waals surface area contributed by atoms with Crippen LogP contribution in [0.15, 0.2) is 30.5 Å². The van der Waals surface area contributed by atoms with Crippen molar-refractivity contribution in [3.63, 3.8) is 0 Å². The lowest BCUT2D eigenvalue weighted by atomic mass is 9.79. The average molecular weight is 229 g/mol. The summed E-state index contributed by atoms with van der Waals surface area (Å²) >= 11 is 0. The molecule has 2 heterocycles. The van der Waals surface area contributed by atoms with Crippen molar-refractivity contribution in [2.24, 2.45) is 0 Å². The fraction of sp³-hybridized carbons (Fsp3) is 0.385. The summed E-state index contributed by atoms with van der Waals surface area (Å²) in [6.07, 6.45) is 2.05. The van der Waals surface area contributed by atoms with E-state index in [4.69, 9.17) is 9.31 Å². The molecule has 3 nitrogen and oxygen atoms in total. The van der Waals surface area contributed by atoms with E-state index in [0.717, 1.165) is 11.0 Å². The van der Waals surface area contributed by atoms with Gasteiger partial charge in [-0.2, -0.15) is 0 Å². The maximum Gasteiger partial charge on any atom is 0.494 e. The van der Waals surface area contributed by atoms with Crippen LogP contribution in [0.2, 0.25) is 0 Å². The number of rotatable bonds is 1. The number of H-pyrrole nitrogens is 1. The Labute approximate surface area is 101 Å². The Morgan fingerprint density at radius 2 is 2.12 bits per heavy atom. The van der Waals surface area contributed by atoms with Gasteiger partial charge in [0.2, 0.25) is 0 Å². The van der Waals surface area contributed by atoms with Gasteiger partial charge in [0.25, 0.3) is 0 Å². The van der Waals surface area contributed by atoms with Crippen molar-refractivity contribution in [3.8, 4) is 0 Å². The molecule has 0 saturated carbocycles. The van der Waals surface area contributed by atoms with E-state index in [9.17, 15) is 0 Å². The summed E-state index contributed by atoms with van der Waals surface area (Å²) in [5.74, 6) is 0. The zero-order valence-electron chi connectivity index (χ0n) is 10.4. The van der Waals surface area contributed by atoms with Crippen molar-refractivity contribution in [1.29, 1.82) is 0 Å². The van der Waals surface area contributed by atoms with Crippen LogP contribution in [0.1, 0.15) is 20.8 Å². The number of benzene rings is 1. The summed E-state index contributed by atoms with van der Waals surface area (Å²) in [5.41, 5.74) is 1.96. The van der Waals surface area contributed by atoms with Gasteiger partial charge in [-0.25, -0.2) is 0 Å². The topological polar surface area (TPSA) is 34.2 Å². The Morgan fingerprint density at radius 3 is 2.82 bits per heavy atom. The lowest BCUT2D eigenvalue weighted by Gasteiger charge is -2.21. The molecule has 0 radical (unpaired) electrons. The predicted octanol–water partition coefficient (Wildman–Crippen LogP) is 2.08. The lowest BCUT2D eigenvalue weighted by Crippen LogP contribution is -2.34. The second kappa shape index (κ2) is 3.62. The van der Waals surface area contributed by atoms with Gasteiger partial charge in [-0.1, -0.05) is 12.1 Å². The standard InChI is InChI=1S/C13H16BNO2/c1-9-13(2,3)17-14(16-9)11-5-4-10-6-7-15-12(10)8-11/h4-9,15H,1-3H3. The molecular weight excluding hydrogens is 213 g/mol. The zero-order valence-corrected chi connectivity index (χ0v) is 10.4. The van der Waals surface area contributed by atoms with Gasteiger partial charge in [-0.15, -0.1) is 0 Å². The second-order valence-electron chi connectivity index (χ2n) is 5.16. The first-order valence-electron chi connectivity index (χ1n) is 5.96. The maximum atomic E-state index is 5.94. The SMILES string of the molecule is CC1OB(c2ccc3cc[nH]c3c2)OC1(C)C. The van der Waals surface area contributed by atoms with E-state index in [1.165, 1.54) is 5.39 Å². The molecule has 1 aliphatic rings. The third-order valence-corrected chi connectivity index (χ3v) is 3.57. The van der Waals surface area contributed by atoms with E-state index in [0.29, 0.717) is 0 Å².